The Morgan fingerprint density at radius 1 is 1.37 bits per heavy atom. The zero-order chi connectivity index (χ0) is 14.6. The molecule has 4 unspecified atom stereocenters. The molecule has 1 rings (SSSR count). The summed E-state index contributed by atoms with van der Waals surface area (Å²) in [5.74, 6) is 0.237. The molecule has 0 spiro atoms. The second kappa shape index (κ2) is 7.17. The van der Waals surface area contributed by atoms with E-state index in [4.69, 9.17) is 0 Å². The molecule has 0 bridgehead atoms. The largest absolute Gasteiger partial charge is 0.342 e. The molecule has 0 aromatic heterocycles. The lowest BCUT2D eigenvalue weighted by molar-refractivity contribution is -0.150. The molecule has 1 N–H and O–H groups in total. The van der Waals surface area contributed by atoms with Crippen LogP contribution in [0.25, 0.3) is 0 Å². The van der Waals surface area contributed by atoms with Crippen LogP contribution in [0.3, 0.4) is 0 Å². The molecule has 1 heterocycles. The maximum Gasteiger partial charge on any atom is 0.246 e. The van der Waals surface area contributed by atoms with E-state index in [0.717, 1.165) is 12.8 Å². The van der Waals surface area contributed by atoms with Crippen LogP contribution in [0.4, 0.5) is 0 Å². The van der Waals surface area contributed by atoms with Gasteiger partial charge in [0.15, 0.2) is 0 Å². The molecule has 5 heteroatoms. The first-order chi connectivity index (χ1) is 8.92. The van der Waals surface area contributed by atoms with Crippen LogP contribution in [0, 0.1) is 5.92 Å². The number of nitrogens with zero attached hydrogens (tertiary/aromatic N) is 1. The van der Waals surface area contributed by atoms with Crippen LogP contribution in [-0.2, 0) is 9.59 Å². The highest BCUT2D eigenvalue weighted by molar-refractivity contribution is 7.99. The summed E-state index contributed by atoms with van der Waals surface area (Å²) in [6, 6.07) is -0.694. The van der Waals surface area contributed by atoms with Crippen LogP contribution in [-0.4, -0.2) is 46.8 Å². The number of carbonyl (C=O) groups excluding carboxylic acids is 2. The third-order valence-corrected chi connectivity index (χ3v) is 5.13. The molecule has 0 saturated carbocycles. The van der Waals surface area contributed by atoms with Crippen molar-refractivity contribution in [2.24, 2.45) is 5.92 Å². The Labute approximate surface area is 120 Å². The monoisotopic (exact) mass is 286 g/mol. The van der Waals surface area contributed by atoms with Crippen molar-refractivity contribution in [3.63, 3.8) is 0 Å². The zero-order valence-electron chi connectivity index (χ0n) is 12.6. The number of hydrogen-bond donors (Lipinski definition) is 1. The number of hydrogen-bond acceptors (Lipinski definition) is 3. The molecule has 1 fully saturated rings. The first-order valence-electron chi connectivity index (χ1n) is 7.06. The number of rotatable bonds is 6. The summed E-state index contributed by atoms with van der Waals surface area (Å²) in [5.41, 5.74) is 0. The number of amides is 2. The standard InChI is InChI=1S/C14H26N2O2S/c1-6-9(2)12-14(18)16(8-7-10(3)19-5)11(4)13(17)15-12/h9-12H,6-8H2,1-5H3,(H,15,17). The highest BCUT2D eigenvalue weighted by Crippen LogP contribution is 2.19. The molecule has 4 atom stereocenters. The van der Waals surface area contributed by atoms with Gasteiger partial charge in [0.1, 0.15) is 12.1 Å². The average molecular weight is 286 g/mol. The van der Waals surface area contributed by atoms with Gasteiger partial charge in [0.25, 0.3) is 0 Å². The van der Waals surface area contributed by atoms with Gasteiger partial charge in [0.2, 0.25) is 11.8 Å². The van der Waals surface area contributed by atoms with Gasteiger partial charge in [0, 0.05) is 11.8 Å². The third kappa shape index (κ3) is 3.88. The van der Waals surface area contributed by atoms with E-state index in [2.05, 4.69) is 18.5 Å². The van der Waals surface area contributed by atoms with Crippen LogP contribution >= 0.6 is 11.8 Å². The van der Waals surface area contributed by atoms with E-state index >= 15 is 0 Å². The summed E-state index contributed by atoms with van der Waals surface area (Å²) in [6.45, 7) is 8.69. The van der Waals surface area contributed by atoms with Crippen molar-refractivity contribution < 1.29 is 9.59 Å². The normalized spacial score (nSPS) is 27.1. The highest BCUT2D eigenvalue weighted by Gasteiger charge is 2.39. The van der Waals surface area contributed by atoms with Crippen LogP contribution in [0.5, 0.6) is 0 Å². The molecule has 0 aliphatic carbocycles. The Kier molecular flexibility index (Phi) is 6.17. The Morgan fingerprint density at radius 2 is 2.00 bits per heavy atom. The van der Waals surface area contributed by atoms with E-state index in [-0.39, 0.29) is 29.8 Å². The Bertz CT molecular complexity index is 335. The van der Waals surface area contributed by atoms with Gasteiger partial charge in [-0.15, -0.1) is 0 Å². The van der Waals surface area contributed by atoms with E-state index in [0.29, 0.717) is 11.8 Å². The summed E-state index contributed by atoms with van der Waals surface area (Å²) in [4.78, 5) is 26.2. The molecule has 1 aliphatic rings. The summed E-state index contributed by atoms with van der Waals surface area (Å²) in [7, 11) is 0. The van der Waals surface area contributed by atoms with Gasteiger partial charge in [-0.2, -0.15) is 11.8 Å². The Hall–Kier alpha value is -0.710. The lowest BCUT2D eigenvalue weighted by Crippen LogP contribution is -2.64. The Balaban J connectivity index is 2.75. The molecule has 110 valence electrons. The van der Waals surface area contributed by atoms with Crippen LogP contribution in [0.1, 0.15) is 40.5 Å². The molecule has 4 nitrogen and oxygen atoms in total. The van der Waals surface area contributed by atoms with Crippen molar-refractivity contribution in [3.05, 3.63) is 0 Å². The van der Waals surface area contributed by atoms with Gasteiger partial charge >= 0.3 is 0 Å². The van der Waals surface area contributed by atoms with E-state index < -0.39 is 0 Å². The maximum atomic E-state index is 12.5. The van der Waals surface area contributed by atoms with Crippen LogP contribution in [0.15, 0.2) is 0 Å². The predicted molar refractivity (Wildman–Crippen MR) is 80.2 cm³/mol. The van der Waals surface area contributed by atoms with Gasteiger partial charge < -0.3 is 10.2 Å². The molecular weight excluding hydrogens is 260 g/mol. The number of thioether (sulfide) groups is 1. The minimum absolute atomic E-state index is 0.0262. The van der Waals surface area contributed by atoms with Gasteiger partial charge in [-0.05, 0) is 25.5 Å². The SMILES string of the molecule is CCC(C)C1NC(=O)C(C)N(CCC(C)SC)C1=O. The molecule has 1 aliphatic heterocycles. The second-order valence-corrected chi connectivity index (χ2v) is 6.69. The van der Waals surface area contributed by atoms with Crippen molar-refractivity contribution >= 4 is 23.6 Å². The van der Waals surface area contributed by atoms with Crippen LogP contribution < -0.4 is 5.32 Å². The van der Waals surface area contributed by atoms with Gasteiger partial charge in [-0.1, -0.05) is 27.2 Å². The maximum absolute atomic E-state index is 12.5. The molecule has 0 radical (unpaired) electrons. The molecule has 19 heavy (non-hydrogen) atoms. The Morgan fingerprint density at radius 3 is 2.53 bits per heavy atom. The summed E-state index contributed by atoms with van der Waals surface area (Å²) in [5, 5.41) is 3.37. The van der Waals surface area contributed by atoms with Crippen molar-refractivity contribution in [1.82, 2.24) is 10.2 Å². The summed E-state index contributed by atoms with van der Waals surface area (Å²) < 4.78 is 0. The second-order valence-electron chi connectivity index (χ2n) is 5.41. The molecule has 0 aromatic rings. The molecule has 2 amide bonds. The van der Waals surface area contributed by atoms with E-state index in [1.807, 2.05) is 20.8 Å². The topological polar surface area (TPSA) is 49.4 Å². The minimum atomic E-state index is -0.349. The van der Waals surface area contributed by atoms with Crippen molar-refractivity contribution in [1.29, 1.82) is 0 Å². The first kappa shape index (κ1) is 16.3. The highest BCUT2D eigenvalue weighted by atomic mass is 32.2. The van der Waals surface area contributed by atoms with Gasteiger partial charge in [0.05, 0.1) is 0 Å². The first-order valence-corrected chi connectivity index (χ1v) is 8.34. The van der Waals surface area contributed by atoms with Gasteiger partial charge in [-0.3, -0.25) is 9.59 Å². The summed E-state index contributed by atoms with van der Waals surface area (Å²) in [6.07, 6.45) is 3.89. The molecular formula is C14H26N2O2S. The molecule has 1 saturated heterocycles. The lowest BCUT2D eigenvalue weighted by atomic mass is 9.94. The summed E-state index contributed by atoms with van der Waals surface area (Å²) >= 11 is 1.79. The van der Waals surface area contributed by atoms with Gasteiger partial charge in [-0.25, -0.2) is 0 Å². The van der Waals surface area contributed by atoms with E-state index in [9.17, 15) is 9.59 Å². The van der Waals surface area contributed by atoms with Crippen molar-refractivity contribution in [2.75, 3.05) is 12.8 Å². The van der Waals surface area contributed by atoms with E-state index in [1.54, 1.807) is 16.7 Å². The average Bonchev–Trinajstić information content (AvgIpc) is 2.41. The quantitative estimate of drug-likeness (QED) is 0.811. The van der Waals surface area contributed by atoms with Crippen LogP contribution in [0.2, 0.25) is 0 Å². The van der Waals surface area contributed by atoms with Crippen molar-refractivity contribution in [3.8, 4) is 0 Å². The smallest absolute Gasteiger partial charge is 0.246 e. The van der Waals surface area contributed by atoms with E-state index in [1.165, 1.54) is 0 Å². The fourth-order valence-corrected chi connectivity index (χ4v) is 2.55. The lowest BCUT2D eigenvalue weighted by Gasteiger charge is -2.39. The number of carbonyl (C=O) groups is 2. The predicted octanol–water partition coefficient (Wildman–Crippen LogP) is 1.89. The number of nitrogens with one attached hydrogen (secondary N) is 1. The molecule has 0 aromatic carbocycles. The number of piperazine rings is 1. The minimum Gasteiger partial charge on any atom is -0.342 e. The van der Waals surface area contributed by atoms with Crippen molar-refractivity contribution in [2.45, 2.75) is 57.9 Å². The fourth-order valence-electron chi connectivity index (χ4n) is 2.21. The third-order valence-electron chi connectivity index (χ3n) is 4.09. The zero-order valence-corrected chi connectivity index (χ0v) is 13.4. The fraction of sp³-hybridized carbons (Fsp3) is 0.857.